The highest BCUT2D eigenvalue weighted by Gasteiger charge is 2.17. The standard InChI is InChI=1S/C13H16FNO/c14-13-5-4-10(9-16)7-12(13)11-3-1-2-6-15-8-11/h4-5,7,9,11,15H,1-3,6,8H2. The van der Waals surface area contributed by atoms with Gasteiger partial charge in [-0.05, 0) is 49.1 Å². The average molecular weight is 221 g/mol. The predicted molar refractivity (Wildman–Crippen MR) is 61.2 cm³/mol. The van der Waals surface area contributed by atoms with Crippen LogP contribution in [0.5, 0.6) is 0 Å². The van der Waals surface area contributed by atoms with Crippen LogP contribution in [-0.2, 0) is 0 Å². The molecule has 0 bridgehead atoms. The fraction of sp³-hybridized carbons (Fsp3) is 0.462. The Kier molecular flexibility index (Phi) is 3.67. The first-order valence-corrected chi connectivity index (χ1v) is 5.76. The van der Waals surface area contributed by atoms with Crippen LogP contribution in [-0.4, -0.2) is 19.4 Å². The van der Waals surface area contributed by atoms with E-state index in [1.807, 2.05) is 0 Å². The molecule has 0 spiro atoms. The van der Waals surface area contributed by atoms with Crippen LogP contribution in [0.25, 0.3) is 0 Å². The van der Waals surface area contributed by atoms with Crippen molar-refractivity contribution in [2.75, 3.05) is 13.1 Å². The predicted octanol–water partition coefficient (Wildman–Crippen LogP) is 2.50. The lowest BCUT2D eigenvalue weighted by molar-refractivity contribution is 0.112. The van der Waals surface area contributed by atoms with E-state index < -0.39 is 0 Å². The Hall–Kier alpha value is -1.22. The summed E-state index contributed by atoms with van der Waals surface area (Å²) in [4.78, 5) is 10.7. The van der Waals surface area contributed by atoms with E-state index in [0.717, 1.165) is 38.6 Å². The Morgan fingerprint density at radius 2 is 2.25 bits per heavy atom. The number of carbonyl (C=O) groups is 1. The number of carbonyl (C=O) groups excluding carboxylic acids is 1. The number of nitrogens with one attached hydrogen (secondary N) is 1. The number of halogens is 1. The molecule has 1 N–H and O–H groups in total. The van der Waals surface area contributed by atoms with Gasteiger partial charge in [-0.2, -0.15) is 0 Å². The zero-order chi connectivity index (χ0) is 11.4. The van der Waals surface area contributed by atoms with E-state index in [-0.39, 0.29) is 11.7 Å². The first kappa shape index (κ1) is 11.3. The molecule has 86 valence electrons. The third-order valence-corrected chi connectivity index (χ3v) is 3.14. The van der Waals surface area contributed by atoms with Gasteiger partial charge in [0.05, 0.1) is 0 Å². The third kappa shape index (κ3) is 2.47. The van der Waals surface area contributed by atoms with Crippen molar-refractivity contribution in [3.8, 4) is 0 Å². The van der Waals surface area contributed by atoms with E-state index in [0.29, 0.717) is 11.1 Å². The summed E-state index contributed by atoms with van der Waals surface area (Å²) in [6.07, 6.45) is 4.02. The molecule has 0 aromatic heterocycles. The number of aldehydes is 1. The molecule has 1 aliphatic rings. The molecule has 1 heterocycles. The summed E-state index contributed by atoms with van der Waals surface area (Å²) in [5, 5.41) is 3.31. The zero-order valence-corrected chi connectivity index (χ0v) is 9.21. The summed E-state index contributed by atoms with van der Waals surface area (Å²) < 4.78 is 13.7. The van der Waals surface area contributed by atoms with Gasteiger partial charge in [0, 0.05) is 12.1 Å². The van der Waals surface area contributed by atoms with E-state index in [4.69, 9.17) is 0 Å². The van der Waals surface area contributed by atoms with Gasteiger partial charge in [0.25, 0.3) is 0 Å². The second kappa shape index (κ2) is 5.21. The molecule has 1 saturated heterocycles. The summed E-state index contributed by atoms with van der Waals surface area (Å²) in [6, 6.07) is 4.60. The topological polar surface area (TPSA) is 29.1 Å². The number of rotatable bonds is 2. The monoisotopic (exact) mass is 221 g/mol. The SMILES string of the molecule is O=Cc1ccc(F)c(C2CCCCNC2)c1. The summed E-state index contributed by atoms with van der Waals surface area (Å²) in [5.74, 6) is 0.00157. The van der Waals surface area contributed by atoms with Crippen molar-refractivity contribution < 1.29 is 9.18 Å². The van der Waals surface area contributed by atoms with Crippen molar-refractivity contribution in [1.29, 1.82) is 0 Å². The van der Waals surface area contributed by atoms with E-state index in [9.17, 15) is 9.18 Å². The summed E-state index contributed by atoms with van der Waals surface area (Å²) in [5.41, 5.74) is 1.24. The van der Waals surface area contributed by atoms with Crippen molar-refractivity contribution >= 4 is 6.29 Å². The molecule has 2 nitrogen and oxygen atoms in total. The molecule has 3 heteroatoms. The highest BCUT2D eigenvalue weighted by atomic mass is 19.1. The average Bonchev–Trinajstić information content (AvgIpc) is 2.58. The van der Waals surface area contributed by atoms with Gasteiger partial charge < -0.3 is 5.32 Å². The van der Waals surface area contributed by atoms with Gasteiger partial charge in [0.15, 0.2) is 0 Å². The van der Waals surface area contributed by atoms with Gasteiger partial charge in [-0.25, -0.2) is 4.39 Å². The van der Waals surface area contributed by atoms with Crippen LogP contribution in [0.4, 0.5) is 4.39 Å². The van der Waals surface area contributed by atoms with E-state index >= 15 is 0 Å². The summed E-state index contributed by atoms with van der Waals surface area (Å²) in [7, 11) is 0. The van der Waals surface area contributed by atoms with Crippen LogP contribution < -0.4 is 5.32 Å². The maximum Gasteiger partial charge on any atom is 0.150 e. The molecule has 1 unspecified atom stereocenters. The van der Waals surface area contributed by atoms with Crippen molar-refractivity contribution in [3.63, 3.8) is 0 Å². The quantitative estimate of drug-likeness (QED) is 0.777. The van der Waals surface area contributed by atoms with Gasteiger partial charge in [-0.15, -0.1) is 0 Å². The molecule has 1 fully saturated rings. The first-order chi connectivity index (χ1) is 7.81. The fourth-order valence-corrected chi connectivity index (χ4v) is 2.23. The fourth-order valence-electron chi connectivity index (χ4n) is 2.23. The second-order valence-electron chi connectivity index (χ2n) is 4.30. The largest absolute Gasteiger partial charge is 0.316 e. The Labute approximate surface area is 94.9 Å². The highest BCUT2D eigenvalue weighted by Crippen LogP contribution is 2.26. The Balaban J connectivity index is 2.26. The molecule has 1 aliphatic heterocycles. The molecular formula is C13H16FNO. The highest BCUT2D eigenvalue weighted by molar-refractivity contribution is 5.75. The van der Waals surface area contributed by atoms with Gasteiger partial charge >= 0.3 is 0 Å². The van der Waals surface area contributed by atoms with Gasteiger partial charge in [-0.3, -0.25) is 4.79 Å². The summed E-state index contributed by atoms with van der Waals surface area (Å²) in [6.45, 7) is 1.81. The van der Waals surface area contributed by atoms with Crippen molar-refractivity contribution in [3.05, 3.63) is 35.1 Å². The zero-order valence-electron chi connectivity index (χ0n) is 9.21. The Morgan fingerprint density at radius 3 is 3.06 bits per heavy atom. The van der Waals surface area contributed by atoms with Gasteiger partial charge in [0.1, 0.15) is 12.1 Å². The Bertz CT molecular complexity index is 370. The smallest absolute Gasteiger partial charge is 0.150 e. The third-order valence-electron chi connectivity index (χ3n) is 3.14. The molecule has 1 aromatic rings. The maximum atomic E-state index is 13.7. The number of hydrogen-bond acceptors (Lipinski definition) is 2. The maximum absolute atomic E-state index is 13.7. The molecule has 1 atom stereocenters. The molecule has 1 aromatic carbocycles. The van der Waals surface area contributed by atoms with Crippen molar-refractivity contribution in [2.24, 2.45) is 0 Å². The molecular weight excluding hydrogens is 205 g/mol. The van der Waals surface area contributed by atoms with E-state index in [1.165, 1.54) is 12.1 Å². The lowest BCUT2D eigenvalue weighted by Crippen LogP contribution is -2.20. The lowest BCUT2D eigenvalue weighted by Gasteiger charge is -2.15. The van der Waals surface area contributed by atoms with Gasteiger partial charge in [0.2, 0.25) is 0 Å². The van der Waals surface area contributed by atoms with Crippen LogP contribution in [0.15, 0.2) is 18.2 Å². The van der Waals surface area contributed by atoms with Crippen molar-refractivity contribution in [2.45, 2.75) is 25.2 Å². The lowest BCUT2D eigenvalue weighted by atomic mass is 9.93. The number of hydrogen-bond donors (Lipinski definition) is 1. The molecule has 16 heavy (non-hydrogen) atoms. The number of benzene rings is 1. The van der Waals surface area contributed by atoms with Gasteiger partial charge in [-0.1, -0.05) is 6.42 Å². The van der Waals surface area contributed by atoms with Crippen molar-refractivity contribution in [1.82, 2.24) is 5.32 Å². The van der Waals surface area contributed by atoms with Crippen LogP contribution >= 0.6 is 0 Å². The minimum absolute atomic E-state index is 0.195. The van der Waals surface area contributed by atoms with Crippen LogP contribution in [0.1, 0.15) is 41.1 Å². The molecule has 0 amide bonds. The minimum Gasteiger partial charge on any atom is -0.316 e. The first-order valence-electron chi connectivity index (χ1n) is 5.76. The van der Waals surface area contributed by atoms with Crippen LogP contribution in [0, 0.1) is 5.82 Å². The normalized spacial score (nSPS) is 21.4. The molecule has 0 aliphatic carbocycles. The molecule has 0 saturated carbocycles. The Morgan fingerprint density at radius 1 is 1.38 bits per heavy atom. The van der Waals surface area contributed by atoms with E-state index in [1.54, 1.807) is 6.07 Å². The second-order valence-corrected chi connectivity index (χ2v) is 4.30. The summed E-state index contributed by atoms with van der Waals surface area (Å²) >= 11 is 0. The van der Waals surface area contributed by atoms with Crippen LogP contribution in [0.2, 0.25) is 0 Å². The van der Waals surface area contributed by atoms with E-state index in [2.05, 4.69) is 5.32 Å². The minimum atomic E-state index is -0.195. The van der Waals surface area contributed by atoms with Crippen LogP contribution in [0.3, 0.4) is 0 Å². The molecule has 2 rings (SSSR count). The molecule has 0 radical (unpaired) electrons.